The van der Waals surface area contributed by atoms with E-state index in [9.17, 15) is 4.79 Å². The molecular formula is C17H27ClN2O2S. The molecule has 1 aliphatic heterocycles. The Kier molecular flexibility index (Phi) is 6.34. The maximum absolute atomic E-state index is 12.2. The van der Waals surface area contributed by atoms with Crippen molar-refractivity contribution in [3.63, 3.8) is 0 Å². The van der Waals surface area contributed by atoms with E-state index in [-0.39, 0.29) is 12.1 Å². The molecule has 0 spiro atoms. The van der Waals surface area contributed by atoms with Crippen molar-refractivity contribution in [2.45, 2.75) is 52.2 Å². The first-order chi connectivity index (χ1) is 10.8. The molecule has 0 bridgehead atoms. The number of halogens is 1. The van der Waals surface area contributed by atoms with Crippen molar-refractivity contribution in [3.05, 3.63) is 21.3 Å². The van der Waals surface area contributed by atoms with Gasteiger partial charge in [0, 0.05) is 24.0 Å². The number of ether oxygens (including phenoxy) is 1. The van der Waals surface area contributed by atoms with E-state index >= 15 is 0 Å². The van der Waals surface area contributed by atoms with E-state index in [1.54, 1.807) is 11.3 Å². The van der Waals surface area contributed by atoms with Crippen molar-refractivity contribution in [2.24, 2.45) is 5.92 Å². The highest BCUT2D eigenvalue weighted by Crippen LogP contribution is 2.35. The van der Waals surface area contributed by atoms with Gasteiger partial charge in [0.1, 0.15) is 5.60 Å². The molecule has 4 nitrogen and oxygen atoms in total. The van der Waals surface area contributed by atoms with Crippen LogP contribution >= 0.6 is 22.9 Å². The molecule has 0 saturated carbocycles. The van der Waals surface area contributed by atoms with E-state index in [1.807, 2.05) is 31.7 Å². The van der Waals surface area contributed by atoms with Gasteiger partial charge >= 0.3 is 6.09 Å². The van der Waals surface area contributed by atoms with Crippen LogP contribution < -0.4 is 5.32 Å². The summed E-state index contributed by atoms with van der Waals surface area (Å²) >= 11 is 7.72. The van der Waals surface area contributed by atoms with E-state index in [2.05, 4.69) is 18.3 Å². The second-order valence-corrected chi connectivity index (χ2v) is 8.80. The van der Waals surface area contributed by atoms with Crippen LogP contribution in [0.15, 0.2) is 12.1 Å². The van der Waals surface area contributed by atoms with E-state index in [0.717, 1.165) is 36.8 Å². The van der Waals surface area contributed by atoms with Gasteiger partial charge < -0.3 is 15.0 Å². The second-order valence-electron chi connectivity index (χ2n) is 7.05. The number of rotatable bonds is 5. The molecule has 2 unspecified atom stereocenters. The Labute approximate surface area is 148 Å². The number of likely N-dealkylation sites (tertiary alicyclic amines) is 1. The van der Waals surface area contributed by atoms with Crippen LogP contribution in [0.2, 0.25) is 4.34 Å². The van der Waals surface area contributed by atoms with E-state index in [1.165, 1.54) is 4.88 Å². The summed E-state index contributed by atoms with van der Waals surface area (Å²) in [4.78, 5) is 15.3. The minimum atomic E-state index is -0.448. The molecular weight excluding hydrogens is 332 g/mol. The van der Waals surface area contributed by atoms with Crippen molar-refractivity contribution in [2.75, 3.05) is 19.6 Å². The van der Waals surface area contributed by atoms with Gasteiger partial charge in [-0.25, -0.2) is 4.79 Å². The van der Waals surface area contributed by atoms with Crippen molar-refractivity contribution in [3.8, 4) is 0 Å². The van der Waals surface area contributed by atoms with Crippen LogP contribution in [0, 0.1) is 5.92 Å². The maximum atomic E-state index is 12.2. The van der Waals surface area contributed by atoms with Crippen molar-refractivity contribution < 1.29 is 9.53 Å². The van der Waals surface area contributed by atoms with Crippen molar-refractivity contribution >= 4 is 29.0 Å². The van der Waals surface area contributed by atoms with Crippen LogP contribution in [0.3, 0.4) is 0 Å². The fourth-order valence-corrected chi connectivity index (χ4v) is 4.08. The van der Waals surface area contributed by atoms with E-state index in [0.29, 0.717) is 5.92 Å². The Morgan fingerprint density at radius 2 is 2.26 bits per heavy atom. The lowest BCUT2D eigenvalue weighted by molar-refractivity contribution is 0.0285. The van der Waals surface area contributed by atoms with Gasteiger partial charge in [0.2, 0.25) is 0 Å². The molecule has 0 aliphatic carbocycles. The zero-order chi connectivity index (χ0) is 17.0. The average Bonchev–Trinajstić information content (AvgIpc) is 3.07. The number of nitrogens with one attached hydrogen (secondary N) is 1. The van der Waals surface area contributed by atoms with Crippen LogP contribution in [0.5, 0.6) is 0 Å². The maximum Gasteiger partial charge on any atom is 0.410 e. The number of hydrogen-bond acceptors (Lipinski definition) is 4. The minimum Gasteiger partial charge on any atom is -0.444 e. The third-order valence-corrected chi connectivity index (χ3v) is 5.18. The largest absolute Gasteiger partial charge is 0.444 e. The lowest BCUT2D eigenvalue weighted by Gasteiger charge is -2.26. The third kappa shape index (κ3) is 5.37. The summed E-state index contributed by atoms with van der Waals surface area (Å²) in [5.41, 5.74) is -0.448. The van der Waals surface area contributed by atoms with Crippen molar-refractivity contribution in [1.29, 1.82) is 0 Å². The Morgan fingerprint density at radius 3 is 2.83 bits per heavy atom. The topological polar surface area (TPSA) is 41.6 Å². The molecule has 1 aromatic rings. The van der Waals surface area contributed by atoms with Crippen molar-refractivity contribution in [1.82, 2.24) is 10.2 Å². The molecule has 1 N–H and O–H groups in total. The first-order valence-electron chi connectivity index (χ1n) is 8.26. The highest BCUT2D eigenvalue weighted by molar-refractivity contribution is 7.16. The number of nitrogens with zero attached hydrogens (tertiary/aromatic N) is 1. The average molecular weight is 359 g/mol. The van der Waals surface area contributed by atoms with Crippen LogP contribution in [0.1, 0.15) is 51.5 Å². The van der Waals surface area contributed by atoms with Gasteiger partial charge in [-0.3, -0.25) is 0 Å². The summed E-state index contributed by atoms with van der Waals surface area (Å²) < 4.78 is 6.30. The second kappa shape index (κ2) is 7.86. The normalized spacial score (nSPS) is 19.9. The number of thiophene rings is 1. The summed E-state index contributed by atoms with van der Waals surface area (Å²) in [5, 5.41) is 3.62. The van der Waals surface area contributed by atoms with Crippen LogP contribution in [-0.2, 0) is 4.74 Å². The highest BCUT2D eigenvalue weighted by Gasteiger charge is 2.34. The van der Waals surface area contributed by atoms with Gasteiger partial charge in [0.05, 0.1) is 4.34 Å². The predicted molar refractivity (Wildman–Crippen MR) is 96.3 cm³/mol. The fourth-order valence-electron chi connectivity index (χ4n) is 2.85. The standard InChI is InChI=1S/C17H27ClN2O2S/c1-5-9-19-15(13-6-7-14(18)23-13)12-8-10-20(11-12)16(21)22-17(2,3)4/h6-7,12,15,19H,5,8-11H2,1-4H3. The zero-order valence-electron chi connectivity index (χ0n) is 14.4. The zero-order valence-corrected chi connectivity index (χ0v) is 16.0. The van der Waals surface area contributed by atoms with E-state index < -0.39 is 5.60 Å². The van der Waals surface area contributed by atoms with Crippen LogP contribution in [0.25, 0.3) is 0 Å². The van der Waals surface area contributed by atoms with Gasteiger partial charge in [-0.05, 0) is 58.2 Å². The van der Waals surface area contributed by atoms with Gasteiger partial charge in [-0.1, -0.05) is 18.5 Å². The lowest BCUT2D eigenvalue weighted by Crippen LogP contribution is -2.36. The van der Waals surface area contributed by atoms with Crippen LogP contribution in [-0.4, -0.2) is 36.2 Å². The first kappa shape index (κ1) is 18.6. The highest BCUT2D eigenvalue weighted by atomic mass is 35.5. The predicted octanol–water partition coefficient (Wildman–Crippen LogP) is 4.70. The number of hydrogen-bond donors (Lipinski definition) is 1. The molecule has 1 saturated heterocycles. The van der Waals surface area contributed by atoms with Crippen LogP contribution in [0.4, 0.5) is 4.79 Å². The fraction of sp³-hybridized carbons (Fsp3) is 0.706. The monoisotopic (exact) mass is 358 g/mol. The summed E-state index contributed by atoms with van der Waals surface area (Å²) in [7, 11) is 0. The molecule has 23 heavy (non-hydrogen) atoms. The Hall–Kier alpha value is -0.780. The Balaban J connectivity index is 2.02. The number of carbonyl (C=O) groups is 1. The van der Waals surface area contributed by atoms with Gasteiger partial charge in [-0.15, -0.1) is 11.3 Å². The molecule has 1 fully saturated rings. The molecule has 0 aromatic carbocycles. The number of amides is 1. The molecule has 2 atom stereocenters. The number of carbonyl (C=O) groups excluding carboxylic acids is 1. The molecule has 2 heterocycles. The van der Waals surface area contributed by atoms with Gasteiger partial charge in [0.15, 0.2) is 0 Å². The molecule has 1 amide bonds. The Bertz CT molecular complexity index is 527. The molecule has 130 valence electrons. The summed E-state index contributed by atoms with van der Waals surface area (Å²) in [6, 6.07) is 4.29. The lowest BCUT2D eigenvalue weighted by atomic mass is 9.97. The quantitative estimate of drug-likeness (QED) is 0.829. The molecule has 0 radical (unpaired) electrons. The molecule has 2 rings (SSSR count). The Morgan fingerprint density at radius 1 is 1.52 bits per heavy atom. The summed E-state index contributed by atoms with van der Waals surface area (Å²) in [5.74, 6) is 0.392. The third-order valence-electron chi connectivity index (χ3n) is 3.86. The molecule has 6 heteroatoms. The minimum absolute atomic E-state index is 0.210. The summed E-state index contributed by atoms with van der Waals surface area (Å²) in [6.07, 6.45) is 1.85. The first-order valence-corrected chi connectivity index (χ1v) is 9.46. The molecule has 1 aliphatic rings. The van der Waals surface area contributed by atoms with Gasteiger partial charge in [-0.2, -0.15) is 0 Å². The smallest absolute Gasteiger partial charge is 0.410 e. The van der Waals surface area contributed by atoms with E-state index in [4.69, 9.17) is 16.3 Å². The van der Waals surface area contributed by atoms with Gasteiger partial charge in [0.25, 0.3) is 0 Å². The molecule has 1 aromatic heterocycles. The summed E-state index contributed by atoms with van der Waals surface area (Å²) in [6.45, 7) is 10.3. The SMILES string of the molecule is CCCNC(c1ccc(Cl)s1)C1CCN(C(=O)OC(C)(C)C)C1.